The smallest absolute Gasteiger partial charge is 0.257 e. The number of hydrogen-bond donors (Lipinski definition) is 2. The third-order valence-corrected chi connectivity index (χ3v) is 3.92. The van der Waals surface area contributed by atoms with Crippen LogP contribution in [-0.2, 0) is 4.74 Å². The first-order chi connectivity index (χ1) is 11.2. The summed E-state index contributed by atoms with van der Waals surface area (Å²) in [5.41, 5.74) is 7.72. The molecule has 7 nitrogen and oxygen atoms in total. The molecule has 1 amide bonds. The summed E-state index contributed by atoms with van der Waals surface area (Å²) in [6, 6.07) is 7.51. The lowest BCUT2D eigenvalue weighted by Gasteiger charge is -2.32. The van der Waals surface area contributed by atoms with E-state index in [1.165, 1.54) is 0 Å². The molecule has 3 N–H and O–H groups in total. The fourth-order valence-electron chi connectivity index (χ4n) is 2.66. The van der Waals surface area contributed by atoms with Crippen molar-refractivity contribution in [3.05, 3.63) is 36.0 Å². The number of nitrogens with zero attached hydrogens (tertiary/aromatic N) is 2. The molecule has 7 heteroatoms. The molecular weight excluding hydrogens is 296 g/mol. The van der Waals surface area contributed by atoms with E-state index in [2.05, 4.69) is 10.2 Å². The number of nitrogens with one attached hydrogen (secondary N) is 1. The number of hydrogen-bond acceptors (Lipinski definition) is 5. The minimum absolute atomic E-state index is 0.0710. The summed E-state index contributed by atoms with van der Waals surface area (Å²) in [4.78, 5) is 14.6. The summed E-state index contributed by atoms with van der Waals surface area (Å²) in [5, 5.41) is 6.95. The normalized spacial score (nSPS) is 18.0. The SMILES string of the molecule is COc1cccc(-c2[nH]ncc2C(=O)N2CCO[C@H](CN)C2)c1. The fourth-order valence-corrected chi connectivity index (χ4v) is 2.66. The van der Waals surface area contributed by atoms with Crippen molar-refractivity contribution < 1.29 is 14.3 Å². The van der Waals surface area contributed by atoms with Crippen molar-refractivity contribution in [1.82, 2.24) is 15.1 Å². The lowest BCUT2D eigenvalue weighted by Crippen LogP contribution is -2.48. The van der Waals surface area contributed by atoms with E-state index in [4.69, 9.17) is 15.2 Å². The largest absolute Gasteiger partial charge is 0.497 e. The van der Waals surface area contributed by atoms with Crippen LogP contribution in [-0.4, -0.2) is 60.5 Å². The Hall–Kier alpha value is -2.38. The zero-order valence-corrected chi connectivity index (χ0v) is 13.0. The third-order valence-electron chi connectivity index (χ3n) is 3.92. The Bertz CT molecular complexity index is 685. The molecule has 2 aromatic rings. The lowest BCUT2D eigenvalue weighted by atomic mass is 10.1. The van der Waals surface area contributed by atoms with Crippen molar-refractivity contribution in [3.8, 4) is 17.0 Å². The number of carbonyl (C=O) groups excluding carboxylic acids is 1. The number of methoxy groups -OCH3 is 1. The van der Waals surface area contributed by atoms with Crippen LogP contribution < -0.4 is 10.5 Å². The minimum Gasteiger partial charge on any atom is -0.497 e. The number of morpholine rings is 1. The van der Waals surface area contributed by atoms with Gasteiger partial charge in [0.1, 0.15) is 5.75 Å². The maximum Gasteiger partial charge on any atom is 0.257 e. The molecule has 0 unspecified atom stereocenters. The number of H-pyrrole nitrogens is 1. The van der Waals surface area contributed by atoms with Crippen LogP contribution in [0.4, 0.5) is 0 Å². The predicted molar refractivity (Wildman–Crippen MR) is 85.3 cm³/mol. The molecule has 0 spiro atoms. The molecule has 0 aliphatic carbocycles. The molecule has 122 valence electrons. The minimum atomic E-state index is -0.111. The Balaban J connectivity index is 1.86. The van der Waals surface area contributed by atoms with Gasteiger partial charge < -0.3 is 20.1 Å². The van der Waals surface area contributed by atoms with Gasteiger partial charge in [-0.15, -0.1) is 0 Å². The van der Waals surface area contributed by atoms with Crippen molar-refractivity contribution >= 4 is 5.91 Å². The van der Waals surface area contributed by atoms with Crippen molar-refractivity contribution in [1.29, 1.82) is 0 Å². The van der Waals surface area contributed by atoms with Gasteiger partial charge in [0.2, 0.25) is 0 Å². The van der Waals surface area contributed by atoms with E-state index < -0.39 is 0 Å². The summed E-state index contributed by atoms with van der Waals surface area (Å²) < 4.78 is 10.7. The van der Waals surface area contributed by atoms with Crippen LogP contribution in [0, 0.1) is 0 Å². The molecule has 1 aliphatic rings. The van der Waals surface area contributed by atoms with Crippen molar-refractivity contribution in [2.75, 3.05) is 33.4 Å². The summed E-state index contributed by atoms with van der Waals surface area (Å²) >= 11 is 0. The first-order valence-corrected chi connectivity index (χ1v) is 7.51. The van der Waals surface area contributed by atoms with Gasteiger partial charge in [-0.25, -0.2) is 0 Å². The highest BCUT2D eigenvalue weighted by atomic mass is 16.5. The van der Waals surface area contributed by atoms with Gasteiger partial charge in [0.15, 0.2) is 0 Å². The van der Waals surface area contributed by atoms with Crippen LogP contribution in [0.15, 0.2) is 30.5 Å². The molecule has 2 heterocycles. The Labute approximate surface area is 134 Å². The second-order valence-corrected chi connectivity index (χ2v) is 5.37. The van der Waals surface area contributed by atoms with Crippen LogP contribution in [0.3, 0.4) is 0 Å². The van der Waals surface area contributed by atoms with Crippen molar-refractivity contribution in [3.63, 3.8) is 0 Å². The Morgan fingerprint density at radius 2 is 2.43 bits per heavy atom. The van der Waals surface area contributed by atoms with Gasteiger partial charge in [-0.05, 0) is 12.1 Å². The average Bonchev–Trinajstić information content (AvgIpc) is 3.11. The van der Waals surface area contributed by atoms with Gasteiger partial charge in [-0.2, -0.15) is 5.10 Å². The molecule has 1 saturated heterocycles. The fraction of sp³-hybridized carbons (Fsp3) is 0.375. The lowest BCUT2D eigenvalue weighted by molar-refractivity contribution is -0.0167. The maximum atomic E-state index is 12.8. The Kier molecular flexibility index (Phi) is 4.59. The van der Waals surface area contributed by atoms with Gasteiger partial charge in [-0.1, -0.05) is 12.1 Å². The molecule has 23 heavy (non-hydrogen) atoms. The number of nitrogens with two attached hydrogens (primary N) is 1. The highest BCUT2D eigenvalue weighted by Crippen LogP contribution is 2.26. The number of amides is 1. The van der Waals surface area contributed by atoms with Crippen LogP contribution in [0.1, 0.15) is 10.4 Å². The number of aromatic amines is 1. The van der Waals surface area contributed by atoms with Crippen LogP contribution in [0.25, 0.3) is 11.3 Å². The molecule has 3 rings (SSSR count). The van der Waals surface area contributed by atoms with Crippen LogP contribution in [0.5, 0.6) is 5.75 Å². The third kappa shape index (κ3) is 3.20. The number of benzene rings is 1. The van der Waals surface area contributed by atoms with Crippen molar-refractivity contribution in [2.45, 2.75) is 6.10 Å². The summed E-state index contributed by atoms with van der Waals surface area (Å²) in [7, 11) is 1.61. The number of aromatic nitrogens is 2. The monoisotopic (exact) mass is 316 g/mol. The summed E-state index contributed by atoms with van der Waals surface area (Å²) in [5.74, 6) is 0.656. The first kappa shape index (κ1) is 15.5. The van der Waals surface area contributed by atoms with Gasteiger partial charge >= 0.3 is 0 Å². The first-order valence-electron chi connectivity index (χ1n) is 7.51. The van der Waals surface area contributed by atoms with E-state index in [0.717, 1.165) is 11.3 Å². The number of ether oxygens (including phenoxy) is 2. The van der Waals surface area contributed by atoms with Gasteiger partial charge in [0.25, 0.3) is 5.91 Å². The molecular formula is C16H20N4O3. The zero-order chi connectivity index (χ0) is 16.2. The van der Waals surface area contributed by atoms with Crippen LogP contribution >= 0.6 is 0 Å². The van der Waals surface area contributed by atoms with Gasteiger partial charge in [0, 0.05) is 25.2 Å². The molecule has 1 fully saturated rings. The van der Waals surface area contributed by atoms with Crippen molar-refractivity contribution in [2.24, 2.45) is 5.73 Å². The zero-order valence-electron chi connectivity index (χ0n) is 13.0. The summed E-state index contributed by atoms with van der Waals surface area (Å²) in [6.45, 7) is 1.95. The highest BCUT2D eigenvalue weighted by molar-refractivity contribution is 5.99. The number of rotatable bonds is 4. The predicted octanol–water partition coefficient (Wildman–Crippen LogP) is 0.885. The molecule has 0 bridgehead atoms. The highest BCUT2D eigenvalue weighted by Gasteiger charge is 2.27. The molecule has 1 aromatic carbocycles. The standard InChI is InChI=1S/C16H20N4O3/c1-22-12-4-2-3-11(7-12)15-14(9-18-19-15)16(21)20-5-6-23-13(8-17)10-20/h2-4,7,9,13H,5-6,8,10,17H2,1H3,(H,18,19)/t13-/m1/s1. The van der Waals surface area contributed by atoms with E-state index in [-0.39, 0.29) is 12.0 Å². The van der Waals surface area contributed by atoms with Gasteiger partial charge in [-0.3, -0.25) is 9.89 Å². The van der Waals surface area contributed by atoms with E-state index >= 15 is 0 Å². The Morgan fingerprint density at radius 1 is 1.57 bits per heavy atom. The second-order valence-electron chi connectivity index (χ2n) is 5.37. The topological polar surface area (TPSA) is 93.5 Å². The van der Waals surface area contributed by atoms with E-state index in [0.29, 0.717) is 37.5 Å². The maximum absolute atomic E-state index is 12.8. The number of carbonyl (C=O) groups is 1. The van der Waals surface area contributed by atoms with E-state index in [1.54, 1.807) is 18.2 Å². The molecule has 0 saturated carbocycles. The van der Waals surface area contributed by atoms with E-state index in [1.807, 2.05) is 24.3 Å². The Morgan fingerprint density at radius 3 is 3.22 bits per heavy atom. The van der Waals surface area contributed by atoms with Crippen LogP contribution in [0.2, 0.25) is 0 Å². The second kappa shape index (κ2) is 6.80. The summed E-state index contributed by atoms with van der Waals surface area (Å²) in [6.07, 6.45) is 1.45. The average molecular weight is 316 g/mol. The van der Waals surface area contributed by atoms with E-state index in [9.17, 15) is 4.79 Å². The van der Waals surface area contributed by atoms with Gasteiger partial charge in [0.05, 0.1) is 37.3 Å². The molecule has 1 aromatic heterocycles. The quantitative estimate of drug-likeness (QED) is 0.873. The molecule has 1 atom stereocenters. The molecule has 1 aliphatic heterocycles. The molecule has 0 radical (unpaired) electrons.